The zero-order valence-electron chi connectivity index (χ0n) is 14.2. The van der Waals surface area contributed by atoms with E-state index in [2.05, 4.69) is 19.9 Å². The molecular formula is C19H28O3. The molecule has 0 unspecified atom stereocenters. The largest absolute Gasteiger partial charge is 0.462 e. The molecule has 0 N–H and O–H groups in total. The van der Waals surface area contributed by atoms with E-state index in [1.165, 1.54) is 16.7 Å². The van der Waals surface area contributed by atoms with Crippen molar-refractivity contribution in [3.8, 4) is 0 Å². The van der Waals surface area contributed by atoms with Crippen LogP contribution in [0.3, 0.4) is 0 Å². The quantitative estimate of drug-likeness (QED) is 0.659. The lowest BCUT2D eigenvalue weighted by atomic mass is 9.88. The molecule has 122 valence electrons. The van der Waals surface area contributed by atoms with Crippen LogP contribution in [0.15, 0.2) is 6.07 Å². The van der Waals surface area contributed by atoms with Crippen LogP contribution in [0.2, 0.25) is 0 Å². The molecule has 0 fully saturated rings. The predicted octanol–water partition coefficient (Wildman–Crippen LogP) is 4.58. The second kappa shape index (κ2) is 8.33. The Morgan fingerprint density at radius 3 is 2.55 bits per heavy atom. The zero-order chi connectivity index (χ0) is 15.9. The fourth-order valence-electron chi connectivity index (χ4n) is 3.13. The molecule has 0 amide bonds. The van der Waals surface area contributed by atoms with Crippen molar-refractivity contribution < 1.29 is 14.3 Å². The van der Waals surface area contributed by atoms with E-state index in [0.717, 1.165) is 49.7 Å². The molecule has 0 spiro atoms. The summed E-state index contributed by atoms with van der Waals surface area (Å²) in [7, 11) is 0. The Morgan fingerprint density at radius 1 is 1.14 bits per heavy atom. The highest BCUT2D eigenvalue weighted by Gasteiger charge is 2.25. The first-order chi connectivity index (χ1) is 10.7. The Kier molecular flexibility index (Phi) is 6.44. The van der Waals surface area contributed by atoms with Crippen molar-refractivity contribution in [2.75, 3.05) is 6.61 Å². The lowest BCUT2D eigenvalue weighted by Gasteiger charge is -2.17. The summed E-state index contributed by atoms with van der Waals surface area (Å²) >= 11 is 0. The van der Waals surface area contributed by atoms with Crippen LogP contribution in [-0.2, 0) is 35.5 Å². The van der Waals surface area contributed by atoms with E-state index >= 15 is 0 Å². The topological polar surface area (TPSA) is 35.5 Å². The monoisotopic (exact) mass is 304 g/mol. The van der Waals surface area contributed by atoms with Gasteiger partial charge in [-0.25, -0.2) is 4.79 Å². The van der Waals surface area contributed by atoms with Crippen LogP contribution in [-0.4, -0.2) is 12.6 Å². The molecule has 1 aromatic carbocycles. The smallest absolute Gasteiger partial charge is 0.338 e. The van der Waals surface area contributed by atoms with Crippen molar-refractivity contribution in [3.63, 3.8) is 0 Å². The molecule has 0 saturated carbocycles. The van der Waals surface area contributed by atoms with Gasteiger partial charge in [-0.1, -0.05) is 32.8 Å². The van der Waals surface area contributed by atoms with Gasteiger partial charge in [0, 0.05) is 0 Å². The van der Waals surface area contributed by atoms with Gasteiger partial charge >= 0.3 is 5.97 Å². The van der Waals surface area contributed by atoms with Gasteiger partial charge < -0.3 is 9.47 Å². The molecule has 0 saturated heterocycles. The molecule has 0 bridgehead atoms. The minimum Gasteiger partial charge on any atom is -0.462 e. The Morgan fingerprint density at radius 2 is 1.86 bits per heavy atom. The molecule has 3 nitrogen and oxygen atoms in total. The molecule has 1 aliphatic heterocycles. The SMILES string of the molecule is CCCCc1cc2c(c(CCCC)c1C(=O)OCC)COC2. The molecule has 1 aromatic rings. The molecule has 0 aromatic heterocycles. The number of aryl methyl sites for hydroxylation is 1. The Labute approximate surface area is 134 Å². The number of carbonyl (C=O) groups excluding carboxylic acids is 1. The molecular weight excluding hydrogens is 276 g/mol. The molecule has 2 rings (SSSR count). The fraction of sp³-hybridized carbons (Fsp3) is 0.632. The average Bonchev–Trinajstić information content (AvgIpc) is 2.98. The summed E-state index contributed by atoms with van der Waals surface area (Å²) in [6.07, 6.45) is 6.32. The number of unbranched alkanes of at least 4 members (excludes halogenated alkanes) is 2. The van der Waals surface area contributed by atoms with Gasteiger partial charge in [0.25, 0.3) is 0 Å². The zero-order valence-corrected chi connectivity index (χ0v) is 14.2. The second-order valence-corrected chi connectivity index (χ2v) is 5.95. The van der Waals surface area contributed by atoms with Gasteiger partial charge in [-0.15, -0.1) is 0 Å². The van der Waals surface area contributed by atoms with Crippen molar-refractivity contribution in [2.45, 2.75) is 72.5 Å². The van der Waals surface area contributed by atoms with E-state index in [-0.39, 0.29) is 5.97 Å². The summed E-state index contributed by atoms with van der Waals surface area (Å²) in [4.78, 5) is 12.5. The number of ether oxygens (including phenoxy) is 2. The van der Waals surface area contributed by atoms with Crippen molar-refractivity contribution in [1.82, 2.24) is 0 Å². The lowest BCUT2D eigenvalue weighted by molar-refractivity contribution is 0.0523. The molecule has 0 radical (unpaired) electrons. The number of esters is 1. The lowest BCUT2D eigenvalue weighted by Crippen LogP contribution is -2.14. The maximum atomic E-state index is 12.5. The van der Waals surface area contributed by atoms with Crippen molar-refractivity contribution in [3.05, 3.63) is 33.9 Å². The van der Waals surface area contributed by atoms with E-state index in [1.807, 2.05) is 6.92 Å². The fourth-order valence-corrected chi connectivity index (χ4v) is 3.13. The van der Waals surface area contributed by atoms with Crippen LogP contribution >= 0.6 is 0 Å². The minimum absolute atomic E-state index is 0.158. The normalized spacial score (nSPS) is 13.2. The third-order valence-corrected chi connectivity index (χ3v) is 4.29. The first-order valence-electron chi connectivity index (χ1n) is 8.64. The summed E-state index contributed by atoms with van der Waals surface area (Å²) in [5, 5.41) is 0. The van der Waals surface area contributed by atoms with Crippen LogP contribution in [0.1, 0.15) is 79.1 Å². The second-order valence-electron chi connectivity index (χ2n) is 5.95. The number of benzene rings is 1. The minimum atomic E-state index is -0.158. The van der Waals surface area contributed by atoms with Gasteiger partial charge in [-0.2, -0.15) is 0 Å². The number of carbonyl (C=O) groups is 1. The number of hydrogen-bond acceptors (Lipinski definition) is 3. The summed E-state index contributed by atoms with van der Waals surface area (Å²) in [6.45, 7) is 7.96. The predicted molar refractivity (Wildman–Crippen MR) is 88.1 cm³/mol. The third kappa shape index (κ3) is 3.70. The van der Waals surface area contributed by atoms with Gasteiger partial charge in [0.15, 0.2) is 0 Å². The molecule has 3 heteroatoms. The van der Waals surface area contributed by atoms with Crippen LogP contribution in [0.4, 0.5) is 0 Å². The standard InChI is InChI=1S/C19H28O3/c1-4-7-9-14-11-15-12-21-13-17(15)16(10-8-5-2)18(14)19(20)22-6-3/h11H,4-10,12-13H2,1-3H3. The Bertz CT molecular complexity index is 520. The third-order valence-electron chi connectivity index (χ3n) is 4.29. The van der Waals surface area contributed by atoms with Crippen LogP contribution in [0.5, 0.6) is 0 Å². The molecule has 0 aliphatic carbocycles. The van der Waals surface area contributed by atoms with Gasteiger partial charge in [0.2, 0.25) is 0 Å². The van der Waals surface area contributed by atoms with Gasteiger partial charge in [-0.3, -0.25) is 0 Å². The van der Waals surface area contributed by atoms with Crippen molar-refractivity contribution >= 4 is 5.97 Å². The van der Waals surface area contributed by atoms with Crippen molar-refractivity contribution in [1.29, 1.82) is 0 Å². The Balaban J connectivity index is 2.49. The summed E-state index contributed by atoms with van der Waals surface area (Å²) in [6, 6.07) is 2.18. The summed E-state index contributed by atoms with van der Waals surface area (Å²) in [5.74, 6) is -0.158. The highest BCUT2D eigenvalue weighted by Crippen LogP contribution is 2.32. The van der Waals surface area contributed by atoms with Gasteiger partial charge in [0.1, 0.15) is 0 Å². The highest BCUT2D eigenvalue weighted by atomic mass is 16.5. The summed E-state index contributed by atoms with van der Waals surface area (Å²) in [5.41, 5.74) is 5.66. The van der Waals surface area contributed by atoms with Crippen molar-refractivity contribution in [2.24, 2.45) is 0 Å². The van der Waals surface area contributed by atoms with Gasteiger partial charge in [0.05, 0.1) is 25.4 Å². The highest BCUT2D eigenvalue weighted by molar-refractivity contribution is 5.93. The van der Waals surface area contributed by atoms with Crippen LogP contribution in [0, 0.1) is 0 Å². The first-order valence-corrected chi connectivity index (χ1v) is 8.64. The number of hydrogen-bond donors (Lipinski definition) is 0. The molecule has 0 atom stereocenters. The van der Waals surface area contributed by atoms with E-state index in [4.69, 9.17) is 9.47 Å². The number of fused-ring (bicyclic) bond motifs is 1. The average molecular weight is 304 g/mol. The number of rotatable bonds is 8. The van der Waals surface area contributed by atoms with E-state index < -0.39 is 0 Å². The Hall–Kier alpha value is -1.35. The maximum absolute atomic E-state index is 12.5. The molecule has 1 aliphatic rings. The first kappa shape index (κ1) is 17.0. The molecule has 1 heterocycles. The maximum Gasteiger partial charge on any atom is 0.338 e. The molecule has 22 heavy (non-hydrogen) atoms. The van der Waals surface area contributed by atoms with Crippen LogP contribution < -0.4 is 0 Å². The van der Waals surface area contributed by atoms with Gasteiger partial charge in [-0.05, 0) is 54.9 Å². The van der Waals surface area contributed by atoms with Crippen LogP contribution in [0.25, 0.3) is 0 Å². The van der Waals surface area contributed by atoms with E-state index in [1.54, 1.807) is 0 Å². The van der Waals surface area contributed by atoms with E-state index in [9.17, 15) is 4.79 Å². The van der Waals surface area contributed by atoms with E-state index in [0.29, 0.717) is 19.8 Å². The summed E-state index contributed by atoms with van der Waals surface area (Å²) < 4.78 is 11.0.